The minimum atomic E-state index is -1.82. The number of hydrogen-bond donors (Lipinski definition) is 6. The van der Waals surface area contributed by atoms with Crippen molar-refractivity contribution in [2.24, 2.45) is 46.3 Å². The van der Waals surface area contributed by atoms with Crippen LogP contribution in [0.2, 0.25) is 18.1 Å². The molecule has 4 saturated carbocycles. The van der Waals surface area contributed by atoms with Crippen molar-refractivity contribution in [3.8, 4) is 0 Å². The van der Waals surface area contributed by atoms with Gasteiger partial charge in [0.2, 0.25) is 5.91 Å². The average molecular weight is 684 g/mol. The summed E-state index contributed by atoms with van der Waals surface area (Å²) >= 11 is 0. The van der Waals surface area contributed by atoms with E-state index in [1.165, 1.54) is 38.5 Å². The maximum atomic E-state index is 12.7. The van der Waals surface area contributed by atoms with Gasteiger partial charge in [-0.1, -0.05) is 41.5 Å². The number of amides is 1. The lowest BCUT2D eigenvalue weighted by molar-refractivity contribution is -0.181. The molecule has 1 amide bonds. The average Bonchev–Trinajstić information content (AvgIpc) is 3.37. The van der Waals surface area contributed by atoms with E-state index in [1.807, 2.05) is 7.11 Å². The molecule has 0 saturated heterocycles. The summed E-state index contributed by atoms with van der Waals surface area (Å²) in [5.74, 6) is 3.23. The number of hydrogen-bond acceptors (Lipinski definition) is 8. The van der Waals surface area contributed by atoms with E-state index in [1.54, 1.807) is 0 Å². The van der Waals surface area contributed by atoms with Crippen molar-refractivity contribution in [1.82, 2.24) is 5.32 Å². The van der Waals surface area contributed by atoms with E-state index in [0.29, 0.717) is 53.4 Å². The third kappa shape index (κ3) is 7.85. The SMILES string of the molecule is CO[C@@H]1C[C@@H]2C[C@H](O[Si](C)(C)C(C)(C)C)CC[C@]2(C)[C@H]2CC[C@]3(C)[C@@H](C(C)CCC(=O)NC[C@H](O)[C@@H](O)[C@H](O)[C@H](O)CO)CC[C@H]3[C@H]12. The van der Waals surface area contributed by atoms with Crippen molar-refractivity contribution in [2.75, 3.05) is 20.3 Å². The van der Waals surface area contributed by atoms with Crippen molar-refractivity contribution in [3.63, 3.8) is 0 Å². The Morgan fingerprint density at radius 2 is 1.55 bits per heavy atom. The molecule has 14 atom stereocenters. The molecule has 4 fully saturated rings. The first-order valence-electron chi connectivity index (χ1n) is 18.6. The normalized spacial score (nSPS) is 39.1. The van der Waals surface area contributed by atoms with E-state index in [0.717, 1.165) is 19.3 Å². The number of aliphatic hydroxyl groups excluding tert-OH is 5. The number of ether oxygens (including phenoxy) is 1. The molecule has 0 aromatic heterocycles. The summed E-state index contributed by atoms with van der Waals surface area (Å²) in [6, 6.07) is 0. The van der Waals surface area contributed by atoms with Gasteiger partial charge in [0.25, 0.3) is 0 Å². The summed E-state index contributed by atoms with van der Waals surface area (Å²) in [5, 5.41) is 51.4. The smallest absolute Gasteiger partial charge is 0.220 e. The van der Waals surface area contributed by atoms with Crippen molar-refractivity contribution < 1.29 is 39.5 Å². The molecule has 0 bridgehead atoms. The molecule has 6 N–H and O–H groups in total. The van der Waals surface area contributed by atoms with Gasteiger partial charge in [-0.2, -0.15) is 0 Å². The van der Waals surface area contributed by atoms with Crippen LogP contribution in [-0.2, 0) is 14.0 Å². The molecule has 0 radical (unpaired) electrons. The van der Waals surface area contributed by atoms with Gasteiger partial charge in [0.1, 0.15) is 18.3 Å². The van der Waals surface area contributed by atoms with E-state index in [2.05, 4.69) is 60.0 Å². The number of carbonyl (C=O) groups is 1. The van der Waals surface area contributed by atoms with Gasteiger partial charge >= 0.3 is 0 Å². The highest BCUT2D eigenvalue weighted by Crippen LogP contribution is 2.69. The van der Waals surface area contributed by atoms with E-state index < -0.39 is 39.3 Å². The number of nitrogens with one attached hydrogen (secondary N) is 1. The predicted molar refractivity (Wildman–Crippen MR) is 186 cm³/mol. The molecule has 4 rings (SSSR count). The molecule has 274 valence electrons. The lowest BCUT2D eigenvalue weighted by Gasteiger charge is -2.63. The van der Waals surface area contributed by atoms with Gasteiger partial charge < -0.3 is 40.0 Å². The second-order valence-corrected chi connectivity index (χ2v) is 22.9. The molecule has 0 aromatic rings. The highest BCUT2D eigenvalue weighted by Gasteiger charge is 2.63. The van der Waals surface area contributed by atoms with Gasteiger partial charge in [0, 0.05) is 26.2 Å². The summed E-state index contributed by atoms with van der Waals surface area (Å²) in [5.41, 5.74) is 0.560. The highest BCUT2D eigenvalue weighted by molar-refractivity contribution is 6.74. The van der Waals surface area contributed by atoms with Crippen LogP contribution in [0, 0.1) is 46.3 Å². The summed E-state index contributed by atoms with van der Waals surface area (Å²) in [6.45, 7) is 18.2. The van der Waals surface area contributed by atoms with Gasteiger partial charge in [-0.25, -0.2) is 0 Å². The molecule has 0 aliphatic heterocycles. The molecule has 0 aromatic carbocycles. The molecule has 10 heteroatoms. The Kier molecular flexibility index (Phi) is 12.5. The van der Waals surface area contributed by atoms with Crippen LogP contribution in [0.5, 0.6) is 0 Å². The molecular formula is C37H69NO8Si. The molecule has 1 unspecified atom stereocenters. The van der Waals surface area contributed by atoms with Gasteiger partial charge in [0.05, 0.1) is 18.8 Å². The topological polar surface area (TPSA) is 149 Å². The van der Waals surface area contributed by atoms with Crippen LogP contribution in [0.1, 0.15) is 106 Å². The van der Waals surface area contributed by atoms with Crippen molar-refractivity contribution in [3.05, 3.63) is 0 Å². The van der Waals surface area contributed by atoms with Gasteiger partial charge in [0.15, 0.2) is 8.32 Å². The lowest BCUT2D eigenvalue weighted by Crippen LogP contribution is -2.59. The molecule has 4 aliphatic carbocycles. The van der Waals surface area contributed by atoms with Gasteiger partial charge in [-0.15, -0.1) is 0 Å². The van der Waals surface area contributed by atoms with E-state index >= 15 is 0 Å². The number of fused-ring (bicyclic) bond motifs is 5. The van der Waals surface area contributed by atoms with Crippen LogP contribution in [0.25, 0.3) is 0 Å². The first-order chi connectivity index (χ1) is 21.8. The third-order valence-corrected chi connectivity index (χ3v) is 19.1. The Morgan fingerprint density at radius 1 is 0.936 bits per heavy atom. The molecule has 47 heavy (non-hydrogen) atoms. The van der Waals surface area contributed by atoms with E-state index in [4.69, 9.17) is 14.3 Å². The van der Waals surface area contributed by atoms with Crippen molar-refractivity contribution in [1.29, 1.82) is 0 Å². The highest BCUT2D eigenvalue weighted by atomic mass is 28.4. The van der Waals surface area contributed by atoms with E-state index in [9.17, 15) is 25.2 Å². The van der Waals surface area contributed by atoms with Crippen LogP contribution in [-0.4, -0.2) is 96.6 Å². The molecule has 4 aliphatic rings. The Labute approximate surface area is 285 Å². The first kappa shape index (κ1) is 39.2. The number of carbonyl (C=O) groups excluding carboxylic acids is 1. The zero-order chi connectivity index (χ0) is 35.1. The zero-order valence-electron chi connectivity index (χ0n) is 30.9. The van der Waals surface area contributed by atoms with E-state index in [-0.39, 0.29) is 29.0 Å². The van der Waals surface area contributed by atoms with Gasteiger partial charge in [-0.3, -0.25) is 4.79 Å². The molecular weight excluding hydrogens is 614 g/mol. The Balaban J connectivity index is 1.36. The number of aliphatic hydroxyl groups is 5. The first-order valence-corrected chi connectivity index (χ1v) is 21.5. The van der Waals surface area contributed by atoms with Crippen LogP contribution in [0.4, 0.5) is 0 Å². The maximum Gasteiger partial charge on any atom is 0.220 e. The minimum Gasteiger partial charge on any atom is -0.414 e. The summed E-state index contributed by atoms with van der Waals surface area (Å²) in [6.07, 6.45) is 4.93. The summed E-state index contributed by atoms with van der Waals surface area (Å²) < 4.78 is 13.4. The predicted octanol–water partition coefficient (Wildman–Crippen LogP) is 4.63. The Morgan fingerprint density at radius 3 is 2.17 bits per heavy atom. The van der Waals surface area contributed by atoms with Crippen LogP contribution >= 0.6 is 0 Å². The molecule has 9 nitrogen and oxygen atoms in total. The summed E-state index contributed by atoms with van der Waals surface area (Å²) in [4.78, 5) is 12.7. The standard InChI is InChI=1S/C37H69NO8Si/c1-22(10-13-31(42)38-20-28(40)33(43)34(44)29(41)21-39)25-11-12-26-32-27(15-17-37(25,26)6)36(5)16-14-24(18-23(36)19-30(32)45-7)46-47(8,9)35(2,3)4/h22-30,32-34,39-41,43-44H,10-21H2,1-9H3,(H,38,42)/t22?,23-,24+,25+,26-,27-,28-,29+,30+,32-,33+,34+,36-,37+/m0/s1. The molecule has 0 heterocycles. The number of rotatable bonds is 13. The third-order valence-electron chi connectivity index (χ3n) is 14.6. The van der Waals surface area contributed by atoms with Gasteiger partial charge in [-0.05, 0) is 122 Å². The fourth-order valence-corrected chi connectivity index (χ4v) is 12.0. The quantitative estimate of drug-likeness (QED) is 0.154. The van der Waals surface area contributed by atoms with Crippen LogP contribution < -0.4 is 5.32 Å². The summed E-state index contributed by atoms with van der Waals surface area (Å²) in [7, 11) is 0.113. The van der Waals surface area contributed by atoms with Crippen molar-refractivity contribution >= 4 is 14.2 Å². The van der Waals surface area contributed by atoms with Crippen LogP contribution in [0.15, 0.2) is 0 Å². The van der Waals surface area contributed by atoms with Crippen LogP contribution in [0.3, 0.4) is 0 Å². The van der Waals surface area contributed by atoms with Crippen molar-refractivity contribution in [2.45, 2.75) is 161 Å². The second kappa shape index (κ2) is 14.9. The second-order valence-electron chi connectivity index (χ2n) is 18.1. The maximum absolute atomic E-state index is 12.7. The number of methoxy groups -OCH3 is 1. The monoisotopic (exact) mass is 683 g/mol. The zero-order valence-corrected chi connectivity index (χ0v) is 31.9. The lowest BCUT2D eigenvalue weighted by atomic mass is 9.43. The largest absolute Gasteiger partial charge is 0.414 e. The minimum absolute atomic E-state index is 0.206. The Hall–Kier alpha value is -0.593. The Bertz CT molecular complexity index is 1050. The molecule has 0 spiro atoms. The fourth-order valence-electron chi connectivity index (χ4n) is 10.6. The fraction of sp³-hybridized carbons (Fsp3) is 0.973.